The summed E-state index contributed by atoms with van der Waals surface area (Å²) in [6.07, 6.45) is 1.37. The van der Waals surface area contributed by atoms with Gasteiger partial charge in [-0.05, 0) is 24.6 Å². The number of hydrogen-bond donors (Lipinski definition) is 1. The zero-order valence-corrected chi connectivity index (χ0v) is 14.0. The van der Waals surface area contributed by atoms with Gasteiger partial charge in [-0.1, -0.05) is 34.5 Å². The highest BCUT2D eigenvalue weighted by molar-refractivity contribution is 6.42. The Morgan fingerprint density at radius 2 is 2.13 bits per heavy atom. The second-order valence-electron chi connectivity index (χ2n) is 5.68. The summed E-state index contributed by atoms with van der Waals surface area (Å²) in [5, 5.41) is 18.3. The minimum absolute atomic E-state index is 0.0375. The van der Waals surface area contributed by atoms with Gasteiger partial charge < -0.3 is 10.0 Å². The van der Waals surface area contributed by atoms with Crippen molar-refractivity contribution in [2.24, 2.45) is 0 Å². The molecule has 1 atom stereocenters. The third kappa shape index (κ3) is 3.49. The standard InChI is InChI=1S/C15H16Cl2N4O2/c1-9(22)14-8-21(19-18-14)11-6-20(7-11)15(23)5-10-2-3-12(16)13(17)4-10/h2-4,8-9,11,22H,5-7H2,1H3/t9-/m1/s1. The molecule has 2 heterocycles. The minimum atomic E-state index is -0.642. The van der Waals surface area contributed by atoms with E-state index in [0.717, 1.165) is 5.56 Å². The molecule has 1 aromatic carbocycles. The summed E-state index contributed by atoms with van der Waals surface area (Å²) in [6, 6.07) is 5.31. The number of hydrogen-bond acceptors (Lipinski definition) is 4. The summed E-state index contributed by atoms with van der Waals surface area (Å²) < 4.78 is 1.70. The van der Waals surface area contributed by atoms with Gasteiger partial charge in [-0.2, -0.15) is 0 Å². The monoisotopic (exact) mass is 354 g/mol. The van der Waals surface area contributed by atoms with E-state index in [2.05, 4.69) is 10.3 Å². The van der Waals surface area contributed by atoms with Crippen molar-refractivity contribution in [3.63, 3.8) is 0 Å². The number of benzene rings is 1. The van der Waals surface area contributed by atoms with E-state index in [-0.39, 0.29) is 11.9 Å². The van der Waals surface area contributed by atoms with E-state index in [1.807, 2.05) is 0 Å². The van der Waals surface area contributed by atoms with Gasteiger partial charge in [0.2, 0.25) is 5.91 Å². The number of carbonyl (C=O) groups excluding carboxylic acids is 1. The van der Waals surface area contributed by atoms with Gasteiger partial charge in [0, 0.05) is 13.1 Å². The second-order valence-corrected chi connectivity index (χ2v) is 6.49. The number of amides is 1. The lowest BCUT2D eigenvalue weighted by molar-refractivity contribution is -0.136. The fourth-order valence-electron chi connectivity index (χ4n) is 2.42. The van der Waals surface area contributed by atoms with Crippen LogP contribution in [0.3, 0.4) is 0 Å². The zero-order chi connectivity index (χ0) is 16.6. The molecule has 1 aromatic heterocycles. The van der Waals surface area contributed by atoms with Crippen molar-refractivity contribution in [1.29, 1.82) is 0 Å². The topological polar surface area (TPSA) is 71.2 Å². The van der Waals surface area contributed by atoms with Crippen LogP contribution in [0.5, 0.6) is 0 Å². The van der Waals surface area contributed by atoms with Gasteiger partial charge in [-0.3, -0.25) is 4.79 Å². The normalized spacial score (nSPS) is 16.3. The van der Waals surface area contributed by atoms with Crippen LogP contribution in [0.1, 0.15) is 30.3 Å². The first-order chi connectivity index (χ1) is 10.9. The van der Waals surface area contributed by atoms with Gasteiger partial charge in [0.25, 0.3) is 0 Å². The fourth-order valence-corrected chi connectivity index (χ4v) is 2.74. The minimum Gasteiger partial charge on any atom is -0.387 e. The molecular weight excluding hydrogens is 339 g/mol. The van der Waals surface area contributed by atoms with E-state index in [0.29, 0.717) is 35.2 Å². The Balaban J connectivity index is 1.55. The molecule has 0 unspecified atom stereocenters. The Hall–Kier alpha value is -1.63. The molecule has 23 heavy (non-hydrogen) atoms. The molecule has 6 nitrogen and oxygen atoms in total. The summed E-state index contributed by atoms with van der Waals surface area (Å²) in [5.41, 5.74) is 1.37. The summed E-state index contributed by atoms with van der Waals surface area (Å²) in [4.78, 5) is 14.0. The summed E-state index contributed by atoms with van der Waals surface area (Å²) in [6.45, 7) is 2.81. The average molecular weight is 355 g/mol. The van der Waals surface area contributed by atoms with Crippen LogP contribution in [-0.2, 0) is 11.2 Å². The van der Waals surface area contributed by atoms with Crippen LogP contribution >= 0.6 is 23.2 Å². The zero-order valence-electron chi connectivity index (χ0n) is 12.5. The molecule has 1 aliphatic rings. The highest BCUT2D eigenvalue weighted by atomic mass is 35.5. The van der Waals surface area contributed by atoms with E-state index in [4.69, 9.17) is 23.2 Å². The van der Waals surface area contributed by atoms with Crippen molar-refractivity contribution in [3.8, 4) is 0 Å². The maximum Gasteiger partial charge on any atom is 0.227 e. The highest BCUT2D eigenvalue weighted by Crippen LogP contribution is 2.25. The third-order valence-corrected chi connectivity index (χ3v) is 4.62. The quantitative estimate of drug-likeness (QED) is 0.913. The SMILES string of the molecule is C[C@@H](O)c1cn(C2CN(C(=O)Cc3ccc(Cl)c(Cl)c3)C2)nn1. The Bertz CT molecular complexity index is 726. The van der Waals surface area contributed by atoms with Gasteiger partial charge in [0.1, 0.15) is 5.69 Å². The molecular formula is C15H16Cl2N4O2. The smallest absolute Gasteiger partial charge is 0.227 e. The van der Waals surface area contributed by atoms with Crippen LogP contribution in [0.4, 0.5) is 0 Å². The molecule has 1 amide bonds. The van der Waals surface area contributed by atoms with Gasteiger partial charge in [-0.25, -0.2) is 4.68 Å². The Morgan fingerprint density at radius 1 is 1.39 bits per heavy atom. The molecule has 1 N–H and O–H groups in total. The second kappa shape index (κ2) is 6.47. The van der Waals surface area contributed by atoms with Crippen molar-refractivity contribution >= 4 is 29.1 Å². The lowest BCUT2D eigenvalue weighted by Crippen LogP contribution is -2.51. The van der Waals surface area contributed by atoms with Crippen LogP contribution in [-0.4, -0.2) is 44.0 Å². The number of aliphatic hydroxyl groups is 1. The third-order valence-electron chi connectivity index (χ3n) is 3.88. The van der Waals surface area contributed by atoms with Crippen molar-refractivity contribution in [2.45, 2.75) is 25.5 Å². The molecule has 0 bridgehead atoms. The average Bonchev–Trinajstić information content (AvgIpc) is 2.91. The summed E-state index contributed by atoms with van der Waals surface area (Å²) >= 11 is 11.8. The molecule has 8 heteroatoms. The molecule has 3 rings (SSSR count). The lowest BCUT2D eigenvalue weighted by atomic mass is 10.1. The number of carbonyl (C=O) groups is 1. The Kier molecular flexibility index (Phi) is 4.57. The molecule has 0 aliphatic carbocycles. The molecule has 2 aromatic rings. The molecule has 0 radical (unpaired) electrons. The van der Waals surface area contributed by atoms with Crippen LogP contribution in [0.2, 0.25) is 10.0 Å². The summed E-state index contributed by atoms with van der Waals surface area (Å²) in [5.74, 6) is 0.0375. The largest absolute Gasteiger partial charge is 0.387 e. The van der Waals surface area contributed by atoms with Gasteiger partial charge in [-0.15, -0.1) is 5.10 Å². The molecule has 1 saturated heterocycles. The van der Waals surface area contributed by atoms with Crippen molar-refractivity contribution < 1.29 is 9.90 Å². The lowest BCUT2D eigenvalue weighted by Gasteiger charge is -2.39. The van der Waals surface area contributed by atoms with Crippen LogP contribution < -0.4 is 0 Å². The maximum atomic E-state index is 12.2. The predicted octanol–water partition coefficient (Wildman–Crippen LogP) is 2.26. The van der Waals surface area contributed by atoms with Crippen LogP contribution in [0, 0.1) is 0 Å². The molecule has 0 spiro atoms. The van der Waals surface area contributed by atoms with E-state index in [1.165, 1.54) is 0 Å². The van der Waals surface area contributed by atoms with Gasteiger partial charge >= 0.3 is 0 Å². The van der Waals surface area contributed by atoms with E-state index in [9.17, 15) is 9.90 Å². The van der Waals surface area contributed by atoms with Gasteiger partial charge in [0.15, 0.2) is 0 Å². The Labute approximate surface area is 143 Å². The van der Waals surface area contributed by atoms with Gasteiger partial charge in [0.05, 0.1) is 34.8 Å². The molecule has 0 saturated carbocycles. The van der Waals surface area contributed by atoms with Crippen LogP contribution in [0.25, 0.3) is 0 Å². The maximum absolute atomic E-state index is 12.2. The summed E-state index contributed by atoms with van der Waals surface area (Å²) in [7, 11) is 0. The first-order valence-electron chi connectivity index (χ1n) is 7.25. The first kappa shape index (κ1) is 16.2. The number of aliphatic hydroxyl groups excluding tert-OH is 1. The first-order valence-corrected chi connectivity index (χ1v) is 8.01. The van der Waals surface area contributed by atoms with E-state index in [1.54, 1.807) is 40.9 Å². The molecule has 1 aliphatic heterocycles. The van der Waals surface area contributed by atoms with E-state index >= 15 is 0 Å². The molecule has 1 fully saturated rings. The van der Waals surface area contributed by atoms with Crippen molar-refractivity contribution in [1.82, 2.24) is 19.9 Å². The van der Waals surface area contributed by atoms with Crippen molar-refractivity contribution in [2.75, 3.05) is 13.1 Å². The van der Waals surface area contributed by atoms with E-state index < -0.39 is 6.10 Å². The number of aromatic nitrogens is 3. The molecule has 122 valence electrons. The fraction of sp³-hybridized carbons (Fsp3) is 0.400. The predicted molar refractivity (Wildman–Crippen MR) is 86.4 cm³/mol. The number of halogens is 2. The van der Waals surface area contributed by atoms with Crippen molar-refractivity contribution in [3.05, 3.63) is 45.7 Å². The Morgan fingerprint density at radius 3 is 2.74 bits per heavy atom. The highest BCUT2D eigenvalue weighted by Gasteiger charge is 2.32. The number of rotatable bonds is 4. The van der Waals surface area contributed by atoms with Crippen LogP contribution in [0.15, 0.2) is 24.4 Å². The number of likely N-dealkylation sites (tertiary alicyclic amines) is 1. The number of nitrogens with zero attached hydrogens (tertiary/aromatic N) is 4.